The molecule has 20 heavy (non-hydrogen) atoms. The van der Waals surface area contributed by atoms with Crippen LogP contribution in [-0.2, 0) is 17.8 Å². The Morgan fingerprint density at radius 2 is 1.70 bits per heavy atom. The summed E-state index contributed by atoms with van der Waals surface area (Å²) in [6, 6.07) is 16.4. The van der Waals surface area contributed by atoms with E-state index in [1.54, 1.807) is 14.2 Å². The lowest BCUT2D eigenvalue weighted by Crippen LogP contribution is -2.07. The van der Waals surface area contributed by atoms with Gasteiger partial charge in [-0.1, -0.05) is 30.3 Å². The van der Waals surface area contributed by atoms with Crippen LogP contribution < -0.4 is 10.1 Å². The van der Waals surface area contributed by atoms with Gasteiger partial charge in [0.1, 0.15) is 5.75 Å². The zero-order chi connectivity index (χ0) is 14.2. The minimum Gasteiger partial charge on any atom is -0.497 e. The molecule has 0 saturated heterocycles. The predicted molar refractivity (Wildman–Crippen MR) is 82.3 cm³/mol. The Bertz CT molecular complexity index is 523. The fourth-order valence-electron chi connectivity index (χ4n) is 2.11. The largest absolute Gasteiger partial charge is 0.497 e. The van der Waals surface area contributed by atoms with Gasteiger partial charge in [0.15, 0.2) is 0 Å². The molecule has 0 aliphatic carbocycles. The molecule has 0 aliphatic rings. The molecule has 2 aromatic carbocycles. The third-order valence-corrected chi connectivity index (χ3v) is 3.21. The van der Waals surface area contributed by atoms with Crippen LogP contribution in [-0.4, -0.2) is 20.8 Å². The van der Waals surface area contributed by atoms with Gasteiger partial charge in [0.2, 0.25) is 0 Å². The van der Waals surface area contributed by atoms with Gasteiger partial charge in [0.25, 0.3) is 0 Å². The van der Waals surface area contributed by atoms with E-state index in [-0.39, 0.29) is 0 Å². The number of ether oxygens (including phenoxy) is 2. The molecule has 0 spiro atoms. The minimum atomic E-state index is 0.631. The lowest BCUT2D eigenvalue weighted by Gasteiger charge is -2.11. The number of para-hydroxylation sites is 1. The Balaban J connectivity index is 1.89. The molecule has 0 saturated carbocycles. The second-order valence-electron chi connectivity index (χ2n) is 4.62. The van der Waals surface area contributed by atoms with Crippen molar-refractivity contribution in [3.05, 3.63) is 59.7 Å². The van der Waals surface area contributed by atoms with E-state index in [1.165, 1.54) is 11.1 Å². The third kappa shape index (κ3) is 4.00. The summed E-state index contributed by atoms with van der Waals surface area (Å²) < 4.78 is 10.4. The molecule has 2 rings (SSSR count). The van der Waals surface area contributed by atoms with Crippen molar-refractivity contribution in [2.75, 3.05) is 26.1 Å². The Kier molecular flexibility index (Phi) is 5.44. The van der Waals surface area contributed by atoms with Crippen molar-refractivity contribution < 1.29 is 9.47 Å². The van der Waals surface area contributed by atoms with E-state index in [9.17, 15) is 0 Å². The molecular weight excluding hydrogens is 250 g/mol. The highest BCUT2D eigenvalue weighted by Gasteiger charge is 2.01. The molecule has 1 N–H and O–H groups in total. The molecule has 0 aliphatic heterocycles. The molecule has 0 amide bonds. The van der Waals surface area contributed by atoms with Crippen LogP contribution in [0.4, 0.5) is 5.69 Å². The van der Waals surface area contributed by atoms with E-state index in [2.05, 4.69) is 29.6 Å². The Morgan fingerprint density at radius 3 is 2.40 bits per heavy atom. The average Bonchev–Trinajstić information content (AvgIpc) is 2.50. The van der Waals surface area contributed by atoms with Crippen LogP contribution in [0, 0.1) is 0 Å². The molecular formula is C17H21NO2. The van der Waals surface area contributed by atoms with Crippen molar-refractivity contribution in [2.24, 2.45) is 0 Å². The van der Waals surface area contributed by atoms with Gasteiger partial charge in [0.05, 0.1) is 13.7 Å². The Labute approximate surface area is 120 Å². The van der Waals surface area contributed by atoms with Crippen LogP contribution in [0.15, 0.2) is 48.5 Å². The zero-order valence-corrected chi connectivity index (χ0v) is 12.1. The average molecular weight is 271 g/mol. The van der Waals surface area contributed by atoms with E-state index < -0.39 is 0 Å². The fraction of sp³-hybridized carbons (Fsp3) is 0.294. The van der Waals surface area contributed by atoms with Gasteiger partial charge >= 0.3 is 0 Å². The number of hydrogen-bond donors (Lipinski definition) is 1. The second kappa shape index (κ2) is 7.56. The molecule has 0 fully saturated rings. The molecule has 0 radical (unpaired) electrons. The van der Waals surface area contributed by atoms with Crippen molar-refractivity contribution in [1.82, 2.24) is 0 Å². The third-order valence-electron chi connectivity index (χ3n) is 3.21. The van der Waals surface area contributed by atoms with Crippen LogP contribution in [0.2, 0.25) is 0 Å². The van der Waals surface area contributed by atoms with Crippen LogP contribution in [0.3, 0.4) is 0 Å². The van der Waals surface area contributed by atoms with Gasteiger partial charge in [-0.3, -0.25) is 0 Å². The number of rotatable bonds is 7. The molecule has 0 unspecified atom stereocenters. The summed E-state index contributed by atoms with van der Waals surface area (Å²) in [6.07, 6.45) is 0.977. The lowest BCUT2D eigenvalue weighted by atomic mass is 10.1. The maximum absolute atomic E-state index is 5.20. The van der Waals surface area contributed by atoms with Gasteiger partial charge in [0, 0.05) is 24.9 Å². The van der Waals surface area contributed by atoms with E-state index in [0.29, 0.717) is 6.61 Å². The number of anilines is 1. The van der Waals surface area contributed by atoms with Crippen LogP contribution in [0.5, 0.6) is 5.75 Å². The molecule has 0 heterocycles. The van der Waals surface area contributed by atoms with Gasteiger partial charge in [-0.25, -0.2) is 0 Å². The zero-order valence-electron chi connectivity index (χ0n) is 12.1. The maximum atomic E-state index is 5.20. The van der Waals surface area contributed by atoms with Crippen molar-refractivity contribution in [3.8, 4) is 5.75 Å². The summed E-state index contributed by atoms with van der Waals surface area (Å²) in [4.78, 5) is 0. The van der Waals surface area contributed by atoms with Gasteiger partial charge in [-0.15, -0.1) is 0 Å². The number of benzene rings is 2. The first-order valence-electron chi connectivity index (χ1n) is 6.77. The van der Waals surface area contributed by atoms with Crippen molar-refractivity contribution >= 4 is 5.69 Å². The normalized spacial score (nSPS) is 10.3. The van der Waals surface area contributed by atoms with E-state index in [0.717, 1.165) is 24.4 Å². The van der Waals surface area contributed by atoms with E-state index in [1.807, 2.05) is 24.3 Å². The fourth-order valence-corrected chi connectivity index (χ4v) is 2.11. The Hall–Kier alpha value is -2.00. The first-order valence-corrected chi connectivity index (χ1v) is 6.77. The topological polar surface area (TPSA) is 30.5 Å². The second-order valence-corrected chi connectivity index (χ2v) is 4.62. The quantitative estimate of drug-likeness (QED) is 0.836. The highest BCUT2D eigenvalue weighted by Crippen LogP contribution is 2.16. The number of hydrogen-bond acceptors (Lipinski definition) is 3. The van der Waals surface area contributed by atoms with Crippen molar-refractivity contribution in [3.63, 3.8) is 0 Å². The van der Waals surface area contributed by atoms with Crippen LogP contribution in [0.1, 0.15) is 11.1 Å². The van der Waals surface area contributed by atoms with E-state index >= 15 is 0 Å². The summed E-state index contributed by atoms with van der Waals surface area (Å²) in [5.41, 5.74) is 3.62. The van der Waals surface area contributed by atoms with Crippen LogP contribution >= 0.6 is 0 Å². The summed E-state index contributed by atoms with van der Waals surface area (Å²) in [6.45, 7) is 1.53. The summed E-state index contributed by atoms with van der Waals surface area (Å²) in [5.74, 6) is 0.896. The smallest absolute Gasteiger partial charge is 0.118 e. The minimum absolute atomic E-state index is 0.631. The number of methoxy groups -OCH3 is 2. The molecule has 2 aromatic rings. The van der Waals surface area contributed by atoms with Gasteiger partial charge in [-0.05, 0) is 30.2 Å². The summed E-state index contributed by atoms with van der Waals surface area (Å²) in [7, 11) is 3.40. The lowest BCUT2D eigenvalue weighted by molar-refractivity contribution is 0.185. The molecule has 0 atom stereocenters. The van der Waals surface area contributed by atoms with E-state index in [4.69, 9.17) is 9.47 Å². The summed E-state index contributed by atoms with van der Waals surface area (Å²) >= 11 is 0. The monoisotopic (exact) mass is 271 g/mol. The maximum Gasteiger partial charge on any atom is 0.118 e. The molecule has 3 heteroatoms. The first kappa shape index (κ1) is 14.4. The Morgan fingerprint density at radius 1 is 0.950 bits per heavy atom. The van der Waals surface area contributed by atoms with Crippen LogP contribution in [0.25, 0.3) is 0 Å². The molecule has 3 nitrogen and oxygen atoms in total. The number of nitrogens with one attached hydrogen (secondary N) is 1. The highest BCUT2D eigenvalue weighted by molar-refractivity contribution is 5.50. The van der Waals surface area contributed by atoms with Gasteiger partial charge in [-0.2, -0.15) is 0 Å². The van der Waals surface area contributed by atoms with Gasteiger partial charge < -0.3 is 14.8 Å². The molecule has 0 aromatic heterocycles. The standard InChI is InChI=1S/C17H21NO2/c1-19-13-15-5-3-4-6-17(15)18-12-11-14-7-9-16(20-2)10-8-14/h3-10,18H,11-13H2,1-2H3. The summed E-state index contributed by atoms with van der Waals surface area (Å²) in [5, 5.41) is 3.46. The molecule has 106 valence electrons. The van der Waals surface area contributed by atoms with Crippen molar-refractivity contribution in [2.45, 2.75) is 13.0 Å². The molecule has 0 bridgehead atoms. The van der Waals surface area contributed by atoms with Crippen molar-refractivity contribution in [1.29, 1.82) is 0 Å². The highest BCUT2D eigenvalue weighted by atomic mass is 16.5. The predicted octanol–water partition coefficient (Wildman–Crippen LogP) is 3.50. The first-order chi connectivity index (χ1) is 9.83. The SMILES string of the molecule is COCc1ccccc1NCCc1ccc(OC)cc1.